The quantitative estimate of drug-likeness (QED) is 0.848. The first-order valence-electron chi connectivity index (χ1n) is 9.40. The van der Waals surface area contributed by atoms with E-state index >= 15 is 0 Å². The fourth-order valence-corrected chi connectivity index (χ4v) is 3.50. The second-order valence-electron chi connectivity index (χ2n) is 6.91. The first-order chi connectivity index (χ1) is 12.9. The van der Waals surface area contributed by atoms with Crippen LogP contribution < -0.4 is 10.2 Å². The standard InChI is InChI=1S/C19H26N6O/c1-3-17(13-20-5-1)25-8-6-24(7-9-25)15-16-11-21-19(22-12-16)23-14-18-4-2-10-26-18/h1,3,5,11-13,18H,2,4,6-10,14-15H2,(H,21,22,23). The Morgan fingerprint density at radius 2 is 1.96 bits per heavy atom. The highest BCUT2D eigenvalue weighted by Crippen LogP contribution is 2.16. The second-order valence-corrected chi connectivity index (χ2v) is 6.91. The molecule has 0 saturated carbocycles. The molecule has 2 fully saturated rings. The Bertz CT molecular complexity index is 666. The van der Waals surface area contributed by atoms with Crippen molar-refractivity contribution in [3.8, 4) is 0 Å². The van der Waals surface area contributed by atoms with Gasteiger partial charge in [-0.1, -0.05) is 0 Å². The van der Waals surface area contributed by atoms with Crippen LogP contribution in [0.3, 0.4) is 0 Å². The van der Waals surface area contributed by atoms with E-state index in [-0.39, 0.29) is 0 Å². The van der Waals surface area contributed by atoms with Crippen molar-refractivity contribution in [1.82, 2.24) is 19.9 Å². The summed E-state index contributed by atoms with van der Waals surface area (Å²) < 4.78 is 5.61. The van der Waals surface area contributed by atoms with Gasteiger partial charge in [-0.2, -0.15) is 0 Å². The lowest BCUT2D eigenvalue weighted by atomic mass is 10.2. The molecule has 2 aliphatic heterocycles. The molecule has 26 heavy (non-hydrogen) atoms. The summed E-state index contributed by atoms with van der Waals surface area (Å²) in [5.74, 6) is 0.686. The minimum atomic E-state index is 0.300. The Labute approximate surface area is 154 Å². The molecule has 0 bridgehead atoms. The molecule has 1 atom stereocenters. The van der Waals surface area contributed by atoms with Crippen molar-refractivity contribution in [1.29, 1.82) is 0 Å². The van der Waals surface area contributed by atoms with Crippen molar-refractivity contribution in [2.24, 2.45) is 0 Å². The van der Waals surface area contributed by atoms with Crippen molar-refractivity contribution in [2.75, 3.05) is 49.5 Å². The number of piperazine rings is 1. The Morgan fingerprint density at radius 3 is 2.65 bits per heavy atom. The number of nitrogens with zero attached hydrogens (tertiary/aromatic N) is 5. The van der Waals surface area contributed by atoms with Crippen molar-refractivity contribution < 1.29 is 4.74 Å². The highest BCUT2D eigenvalue weighted by molar-refractivity contribution is 5.44. The van der Waals surface area contributed by atoms with Gasteiger partial charge in [0.1, 0.15) is 0 Å². The predicted octanol–water partition coefficient (Wildman–Crippen LogP) is 1.78. The number of rotatable bonds is 6. The van der Waals surface area contributed by atoms with Crippen LogP contribution in [0.1, 0.15) is 18.4 Å². The van der Waals surface area contributed by atoms with E-state index in [1.165, 1.54) is 5.69 Å². The third-order valence-corrected chi connectivity index (χ3v) is 5.01. The summed E-state index contributed by atoms with van der Waals surface area (Å²) in [6.45, 7) is 6.67. The summed E-state index contributed by atoms with van der Waals surface area (Å²) in [5.41, 5.74) is 2.36. The molecule has 2 aromatic rings. The third kappa shape index (κ3) is 4.47. The molecule has 0 spiro atoms. The molecule has 0 radical (unpaired) electrons. The Hall–Kier alpha value is -2.25. The average Bonchev–Trinajstić information content (AvgIpc) is 3.22. The molecule has 1 unspecified atom stereocenters. The van der Waals surface area contributed by atoms with E-state index in [0.717, 1.165) is 64.3 Å². The van der Waals surface area contributed by atoms with E-state index in [4.69, 9.17) is 4.74 Å². The van der Waals surface area contributed by atoms with E-state index in [0.29, 0.717) is 12.1 Å². The maximum atomic E-state index is 5.61. The summed E-state index contributed by atoms with van der Waals surface area (Å²) >= 11 is 0. The first-order valence-corrected chi connectivity index (χ1v) is 9.40. The fourth-order valence-electron chi connectivity index (χ4n) is 3.50. The Morgan fingerprint density at radius 1 is 1.12 bits per heavy atom. The summed E-state index contributed by atoms with van der Waals surface area (Å²) in [5, 5.41) is 3.27. The second kappa shape index (κ2) is 8.42. The van der Waals surface area contributed by atoms with Crippen LogP contribution in [0.4, 0.5) is 11.6 Å². The van der Waals surface area contributed by atoms with Crippen molar-refractivity contribution >= 4 is 11.6 Å². The highest BCUT2D eigenvalue weighted by Gasteiger charge is 2.18. The topological polar surface area (TPSA) is 66.4 Å². The number of nitrogens with one attached hydrogen (secondary N) is 1. The van der Waals surface area contributed by atoms with Gasteiger partial charge in [-0.3, -0.25) is 9.88 Å². The first kappa shape index (κ1) is 17.2. The normalized spacial score (nSPS) is 21.1. The van der Waals surface area contributed by atoms with Crippen LogP contribution >= 0.6 is 0 Å². The molecule has 7 heteroatoms. The molecule has 4 rings (SSSR count). The highest BCUT2D eigenvalue weighted by atomic mass is 16.5. The monoisotopic (exact) mass is 354 g/mol. The van der Waals surface area contributed by atoms with E-state index < -0.39 is 0 Å². The molecule has 2 aromatic heterocycles. The van der Waals surface area contributed by atoms with Crippen LogP contribution in [0.15, 0.2) is 36.9 Å². The smallest absolute Gasteiger partial charge is 0.222 e. The number of hydrogen-bond donors (Lipinski definition) is 1. The van der Waals surface area contributed by atoms with Gasteiger partial charge in [-0.05, 0) is 25.0 Å². The molecule has 0 aliphatic carbocycles. The van der Waals surface area contributed by atoms with Crippen LogP contribution in [0, 0.1) is 0 Å². The van der Waals surface area contributed by atoms with Crippen molar-refractivity contribution in [3.05, 3.63) is 42.5 Å². The average molecular weight is 354 g/mol. The lowest BCUT2D eigenvalue weighted by Crippen LogP contribution is -2.46. The Kier molecular flexibility index (Phi) is 5.56. The molecule has 0 amide bonds. The molecule has 2 saturated heterocycles. The Balaban J connectivity index is 1.23. The van der Waals surface area contributed by atoms with Gasteiger partial charge in [0.2, 0.25) is 5.95 Å². The number of aromatic nitrogens is 3. The molecule has 4 heterocycles. The SMILES string of the molecule is c1cncc(N2CCN(Cc3cnc(NCC4CCCO4)nc3)CC2)c1. The molecular weight excluding hydrogens is 328 g/mol. The summed E-state index contributed by atoms with van der Waals surface area (Å²) in [6.07, 6.45) is 10.2. The molecule has 2 aliphatic rings. The van der Waals surface area contributed by atoms with Crippen LogP contribution in [0.2, 0.25) is 0 Å². The van der Waals surface area contributed by atoms with Crippen LogP contribution in [-0.2, 0) is 11.3 Å². The molecule has 138 valence electrons. The maximum Gasteiger partial charge on any atom is 0.222 e. The van der Waals surface area contributed by atoms with E-state index in [1.54, 1.807) is 0 Å². The predicted molar refractivity (Wildman–Crippen MR) is 101 cm³/mol. The van der Waals surface area contributed by atoms with Crippen LogP contribution in [-0.4, -0.2) is 65.3 Å². The number of pyridine rings is 1. The molecule has 7 nitrogen and oxygen atoms in total. The van der Waals surface area contributed by atoms with Crippen molar-refractivity contribution in [2.45, 2.75) is 25.5 Å². The minimum absolute atomic E-state index is 0.300. The zero-order chi connectivity index (χ0) is 17.6. The van der Waals surface area contributed by atoms with Gasteiger partial charge in [0.15, 0.2) is 0 Å². The van der Waals surface area contributed by atoms with Crippen LogP contribution in [0.25, 0.3) is 0 Å². The summed E-state index contributed by atoms with van der Waals surface area (Å²) in [6, 6.07) is 4.12. The van der Waals surface area contributed by atoms with Gasteiger partial charge >= 0.3 is 0 Å². The fraction of sp³-hybridized carbons (Fsp3) is 0.526. The van der Waals surface area contributed by atoms with Crippen molar-refractivity contribution in [3.63, 3.8) is 0 Å². The van der Waals surface area contributed by atoms with Gasteiger partial charge in [0.25, 0.3) is 0 Å². The third-order valence-electron chi connectivity index (χ3n) is 5.01. The maximum absolute atomic E-state index is 5.61. The lowest BCUT2D eigenvalue weighted by Gasteiger charge is -2.35. The lowest BCUT2D eigenvalue weighted by molar-refractivity contribution is 0.120. The van der Waals surface area contributed by atoms with Gasteiger partial charge in [0.05, 0.1) is 18.0 Å². The molecular formula is C19H26N6O. The van der Waals surface area contributed by atoms with Gasteiger partial charge in [-0.15, -0.1) is 0 Å². The largest absolute Gasteiger partial charge is 0.376 e. The molecule has 0 aromatic carbocycles. The minimum Gasteiger partial charge on any atom is -0.376 e. The number of ether oxygens (including phenoxy) is 1. The zero-order valence-electron chi connectivity index (χ0n) is 15.0. The van der Waals surface area contributed by atoms with E-state index in [2.05, 4.69) is 36.1 Å². The van der Waals surface area contributed by atoms with E-state index in [1.807, 2.05) is 30.9 Å². The van der Waals surface area contributed by atoms with Gasteiger partial charge < -0.3 is 15.0 Å². The van der Waals surface area contributed by atoms with E-state index in [9.17, 15) is 0 Å². The number of anilines is 2. The van der Waals surface area contributed by atoms with Crippen LogP contribution in [0.5, 0.6) is 0 Å². The zero-order valence-corrected chi connectivity index (χ0v) is 15.0. The van der Waals surface area contributed by atoms with Gasteiger partial charge in [-0.25, -0.2) is 9.97 Å². The molecule has 1 N–H and O–H groups in total. The summed E-state index contributed by atoms with van der Waals surface area (Å²) in [7, 11) is 0. The van der Waals surface area contributed by atoms with Gasteiger partial charge in [0, 0.05) is 70.0 Å². The number of hydrogen-bond acceptors (Lipinski definition) is 7. The summed E-state index contributed by atoms with van der Waals surface area (Å²) in [4.78, 5) is 17.9.